The van der Waals surface area contributed by atoms with Crippen LogP contribution in [0.15, 0.2) is 48.8 Å². The Morgan fingerprint density at radius 3 is 2.05 bits per heavy atom. The SMILES string of the molecule is O=C(NC(c1ccncc1)c1ccc(F)cc1)C(F)(F)F. The number of benzene rings is 1. The third-order valence-corrected chi connectivity index (χ3v) is 2.78. The van der Waals surface area contributed by atoms with Gasteiger partial charge < -0.3 is 5.32 Å². The van der Waals surface area contributed by atoms with Crippen molar-refractivity contribution in [3.63, 3.8) is 0 Å². The summed E-state index contributed by atoms with van der Waals surface area (Å²) in [4.78, 5) is 14.9. The van der Waals surface area contributed by atoms with Gasteiger partial charge in [0.05, 0.1) is 6.04 Å². The predicted octanol–water partition coefficient (Wildman–Crippen LogP) is 2.99. The fraction of sp³-hybridized carbons (Fsp3) is 0.143. The molecule has 0 fully saturated rings. The number of nitrogens with one attached hydrogen (secondary N) is 1. The van der Waals surface area contributed by atoms with Crippen LogP contribution in [-0.2, 0) is 4.79 Å². The molecule has 1 heterocycles. The molecule has 7 heteroatoms. The molecule has 1 aromatic heterocycles. The van der Waals surface area contributed by atoms with Gasteiger partial charge in [-0.15, -0.1) is 0 Å². The van der Waals surface area contributed by atoms with Crippen LogP contribution in [0.3, 0.4) is 0 Å². The van der Waals surface area contributed by atoms with Crippen LogP contribution in [0, 0.1) is 5.82 Å². The van der Waals surface area contributed by atoms with E-state index in [0.717, 1.165) is 12.1 Å². The van der Waals surface area contributed by atoms with Crippen molar-refractivity contribution in [2.75, 3.05) is 0 Å². The zero-order chi connectivity index (χ0) is 15.5. The number of amides is 1. The normalized spacial score (nSPS) is 12.8. The molecule has 0 aliphatic rings. The molecule has 1 N–H and O–H groups in total. The topological polar surface area (TPSA) is 42.0 Å². The highest BCUT2D eigenvalue weighted by Crippen LogP contribution is 2.24. The molecule has 2 aromatic rings. The average Bonchev–Trinajstić information content (AvgIpc) is 2.45. The van der Waals surface area contributed by atoms with Crippen LogP contribution >= 0.6 is 0 Å². The highest BCUT2D eigenvalue weighted by molar-refractivity contribution is 5.82. The quantitative estimate of drug-likeness (QED) is 0.885. The summed E-state index contributed by atoms with van der Waals surface area (Å²) < 4.78 is 50.2. The molecular formula is C14H10F4N2O. The summed E-state index contributed by atoms with van der Waals surface area (Å²) in [5.41, 5.74) is 0.745. The summed E-state index contributed by atoms with van der Waals surface area (Å²) in [6.45, 7) is 0. The second-order valence-electron chi connectivity index (χ2n) is 4.24. The third kappa shape index (κ3) is 3.77. The van der Waals surface area contributed by atoms with Crippen molar-refractivity contribution in [3.05, 3.63) is 65.7 Å². The highest BCUT2D eigenvalue weighted by Gasteiger charge is 2.40. The Labute approximate surface area is 117 Å². The Morgan fingerprint density at radius 2 is 1.52 bits per heavy atom. The van der Waals surface area contributed by atoms with Crippen molar-refractivity contribution < 1.29 is 22.4 Å². The summed E-state index contributed by atoms with van der Waals surface area (Å²) >= 11 is 0. The van der Waals surface area contributed by atoms with E-state index < -0.39 is 23.9 Å². The molecule has 21 heavy (non-hydrogen) atoms. The number of alkyl halides is 3. The number of aromatic nitrogens is 1. The lowest BCUT2D eigenvalue weighted by Crippen LogP contribution is -2.39. The summed E-state index contributed by atoms with van der Waals surface area (Å²) in [5.74, 6) is -2.58. The molecule has 1 aromatic carbocycles. The van der Waals surface area contributed by atoms with Crippen LogP contribution in [0.5, 0.6) is 0 Å². The first-order valence-corrected chi connectivity index (χ1v) is 5.91. The van der Waals surface area contributed by atoms with Gasteiger partial charge in [-0.3, -0.25) is 9.78 Å². The average molecular weight is 298 g/mol. The van der Waals surface area contributed by atoms with Gasteiger partial charge in [-0.2, -0.15) is 13.2 Å². The van der Waals surface area contributed by atoms with Gasteiger partial charge in [0.1, 0.15) is 5.82 Å². The first-order chi connectivity index (χ1) is 9.88. The molecule has 1 atom stereocenters. The number of rotatable bonds is 3. The van der Waals surface area contributed by atoms with Gasteiger partial charge in [0.2, 0.25) is 0 Å². The van der Waals surface area contributed by atoms with E-state index in [0.29, 0.717) is 11.1 Å². The molecule has 2 rings (SSSR count). The number of pyridine rings is 1. The van der Waals surface area contributed by atoms with Gasteiger partial charge in [0, 0.05) is 12.4 Å². The molecule has 0 saturated carbocycles. The number of carbonyl (C=O) groups excluding carboxylic acids is 1. The van der Waals surface area contributed by atoms with Gasteiger partial charge in [-0.1, -0.05) is 12.1 Å². The molecular weight excluding hydrogens is 288 g/mol. The maximum absolute atomic E-state index is 12.9. The van der Waals surface area contributed by atoms with E-state index in [9.17, 15) is 22.4 Å². The second kappa shape index (κ2) is 5.90. The molecule has 0 aliphatic carbocycles. The van der Waals surface area contributed by atoms with Crippen molar-refractivity contribution in [3.8, 4) is 0 Å². The minimum absolute atomic E-state index is 0.334. The van der Waals surface area contributed by atoms with Crippen LogP contribution in [0.4, 0.5) is 17.6 Å². The number of hydrogen-bond donors (Lipinski definition) is 1. The van der Waals surface area contributed by atoms with E-state index in [1.165, 1.54) is 36.7 Å². The Morgan fingerprint density at radius 1 is 1.00 bits per heavy atom. The highest BCUT2D eigenvalue weighted by atomic mass is 19.4. The van der Waals surface area contributed by atoms with Crippen molar-refractivity contribution in [1.29, 1.82) is 0 Å². The number of carbonyl (C=O) groups is 1. The molecule has 0 bridgehead atoms. The lowest BCUT2D eigenvalue weighted by molar-refractivity contribution is -0.174. The van der Waals surface area contributed by atoms with E-state index >= 15 is 0 Å². The van der Waals surface area contributed by atoms with E-state index in [-0.39, 0.29) is 0 Å². The number of nitrogens with zero attached hydrogens (tertiary/aromatic N) is 1. The Hall–Kier alpha value is -2.44. The zero-order valence-electron chi connectivity index (χ0n) is 10.6. The second-order valence-corrected chi connectivity index (χ2v) is 4.24. The molecule has 0 radical (unpaired) electrons. The lowest BCUT2D eigenvalue weighted by atomic mass is 9.99. The maximum Gasteiger partial charge on any atom is 0.471 e. The van der Waals surface area contributed by atoms with Gasteiger partial charge in [-0.25, -0.2) is 4.39 Å². The fourth-order valence-corrected chi connectivity index (χ4v) is 1.78. The molecule has 3 nitrogen and oxygen atoms in total. The Balaban J connectivity index is 2.36. The van der Waals surface area contributed by atoms with E-state index in [1.54, 1.807) is 0 Å². The minimum Gasteiger partial charge on any atom is -0.337 e. The molecule has 0 aliphatic heterocycles. The summed E-state index contributed by atoms with van der Waals surface area (Å²) in [6.07, 6.45) is -2.21. The van der Waals surface area contributed by atoms with Crippen LogP contribution in [-0.4, -0.2) is 17.1 Å². The summed E-state index contributed by atoms with van der Waals surface area (Å²) in [7, 11) is 0. The molecule has 1 unspecified atom stereocenters. The maximum atomic E-state index is 12.9. The molecule has 110 valence electrons. The first-order valence-electron chi connectivity index (χ1n) is 5.91. The fourth-order valence-electron chi connectivity index (χ4n) is 1.78. The van der Waals surface area contributed by atoms with Crippen molar-refractivity contribution in [2.45, 2.75) is 12.2 Å². The van der Waals surface area contributed by atoms with Gasteiger partial charge in [0.15, 0.2) is 0 Å². The number of hydrogen-bond acceptors (Lipinski definition) is 2. The van der Waals surface area contributed by atoms with Gasteiger partial charge in [-0.05, 0) is 35.4 Å². The van der Waals surface area contributed by atoms with Crippen molar-refractivity contribution in [1.82, 2.24) is 10.3 Å². The van der Waals surface area contributed by atoms with Crippen LogP contribution in [0.25, 0.3) is 0 Å². The smallest absolute Gasteiger partial charge is 0.337 e. The first kappa shape index (κ1) is 15.0. The van der Waals surface area contributed by atoms with Gasteiger partial charge >= 0.3 is 12.1 Å². The predicted molar refractivity (Wildman–Crippen MR) is 66.7 cm³/mol. The summed E-state index contributed by atoms with van der Waals surface area (Å²) in [6, 6.07) is 6.78. The minimum atomic E-state index is -4.99. The Bertz CT molecular complexity index is 611. The zero-order valence-corrected chi connectivity index (χ0v) is 10.6. The Kier molecular flexibility index (Phi) is 4.21. The largest absolute Gasteiger partial charge is 0.471 e. The van der Waals surface area contributed by atoms with Gasteiger partial charge in [0.25, 0.3) is 0 Å². The molecule has 0 spiro atoms. The number of halogens is 4. The van der Waals surface area contributed by atoms with Crippen molar-refractivity contribution >= 4 is 5.91 Å². The lowest BCUT2D eigenvalue weighted by Gasteiger charge is -2.20. The van der Waals surface area contributed by atoms with Crippen molar-refractivity contribution in [2.24, 2.45) is 0 Å². The van der Waals surface area contributed by atoms with Crippen LogP contribution in [0.2, 0.25) is 0 Å². The third-order valence-electron chi connectivity index (χ3n) is 2.78. The van der Waals surface area contributed by atoms with E-state index in [1.807, 2.05) is 5.32 Å². The standard InChI is InChI=1S/C14H10F4N2O/c15-11-3-1-9(2-4-11)12(10-5-7-19-8-6-10)20-13(21)14(16,17)18/h1-8,12H,(H,20,21). The molecule has 1 amide bonds. The van der Waals surface area contributed by atoms with Crippen LogP contribution in [0.1, 0.15) is 17.2 Å². The molecule has 0 saturated heterocycles. The summed E-state index contributed by atoms with van der Waals surface area (Å²) in [5, 5.41) is 1.89. The van der Waals surface area contributed by atoms with Crippen LogP contribution < -0.4 is 5.32 Å². The van der Waals surface area contributed by atoms with E-state index in [2.05, 4.69) is 4.98 Å². The van der Waals surface area contributed by atoms with E-state index in [4.69, 9.17) is 0 Å². The monoisotopic (exact) mass is 298 g/mol.